The monoisotopic (exact) mass is 326 g/mol. The molecule has 0 radical (unpaired) electrons. The Morgan fingerprint density at radius 2 is 1.67 bits per heavy atom. The number of carbonyl (C=O) groups is 1. The number of nitrogens with one attached hydrogen (secondary N) is 1. The quantitative estimate of drug-likeness (QED) is 0.596. The van der Waals surface area contributed by atoms with E-state index in [1.165, 1.54) is 0 Å². The number of amides is 1. The van der Waals surface area contributed by atoms with Crippen LogP contribution in [-0.4, -0.2) is 16.7 Å². The van der Waals surface area contributed by atoms with Crippen LogP contribution in [0.4, 0.5) is 0 Å². The molecule has 128 valence electrons. The maximum Gasteiger partial charge on any atom is 0.275 e. The molecule has 0 unspecified atom stereocenters. The van der Waals surface area contributed by atoms with Gasteiger partial charge in [0.05, 0.1) is 5.56 Å². The van der Waals surface area contributed by atoms with Gasteiger partial charge in [0, 0.05) is 11.1 Å². The molecule has 0 aliphatic carbocycles. The number of fused-ring (bicyclic) bond motifs is 1. The Hall–Kier alpha value is -2.36. The summed E-state index contributed by atoms with van der Waals surface area (Å²) in [6.45, 7) is 8.53. The van der Waals surface area contributed by atoms with Crippen LogP contribution in [0.2, 0.25) is 0 Å². The van der Waals surface area contributed by atoms with Crippen LogP contribution in [0.3, 0.4) is 0 Å². The van der Waals surface area contributed by atoms with Crippen LogP contribution in [0.25, 0.3) is 10.8 Å². The van der Waals surface area contributed by atoms with E-state index in [-0.39, 0.29) is 17.2 Å². The number of phenolic OH excluding ortho intramolecular Hbond substituents is 1. The van der Waals surface area contributed by atoms with Crippen LogP contribution in [0, 0.1) is 11.8 Å². The van der Waals surface area contributed by atoms with E-state index < -0.39 is 0 Å². The summed E-state index contributed by atoms with van der Waals surface area (Å²) in [7, 11) is 0. The molecule has 2 N–H and O–H groups in total. The van der Waals surface area contributed by atoms with Gasteiger partial charge in [0.1, 0.15) is 5.75 Å². The van der Waals surface area contributed by atoms with Crippen molar-refractivity contribution in [1.82, 2.24) is 5.43 Å². The summed E-state index contributed by atoms with van der Waals surface area (Å²) in [4.78, 5) is 12.4. The van der Waals surface area contributed by atoms with E-state index in [4.69, 9.17) is 0 Å². The number of rotatable bonds is 6. The molecule has 2 aromatic carbocycles. The topological polar surface area (TPSA) is 61.7 Å². The van der Waals surface area contributed by atoms with E-state index in [0.29, 0.717) is 17.2 Å². The van der Waals surface area contributed by atoms with Gasteiger partial charge in [-0.25, -0.2) is 5.43 Å². The van der Waals surface area contributed by atoms with Crippen LogP contribution in [0.1, 0.15) is 50.9 Å². The largest absolute Gasteiger partial charge is 0.506 e. The minimum absolute atomic E-state index is 0.00457. The van der Waals surface area contributed by atoms with Crippen molar-refractivity contribution in [3.8, 4) is 5.75 Å². The second-order valence-corrected chi connectivity index (χ2v) is 7.00. The summed E-state index contributed by atoms with van der Waals surface area (Å²) in [6.07, 6.45) is 1.70. The first-order valence-electron chi connectivity index (χ1n) is 8.45. The van der Waals surface area contributed by atoms with E-state index in [0.717, 1.165) is 23.9 Å². The molecule has 2 rings (SSSR count). The molecule has 4 heteroatoms. The SMILES string of the molecule is CC(C)CC(CC(C)C)=NNC(=O)c1ccc2ccccc2c1O. The lowest BCUT2D eigenvalue weighted by atomic mass is 9.99. The van der Waals surface area contributed by atoms with Crippen LogP contribution >= 0.6 is 0 Å². The van der Waals surface area contributed by atoms with Gasteiger partial charge in [-0.15, -0.1) is 0 Å². The number of hydrogen-bond donors (Lipinski definition) is 2. The molecule has 0 atom stereocenters. The predicted molar refractivity (Wildman–Crippen MR) is 99.4 cm³/mol. The second kappa shape index (κ2) is 7.95. The van der Waals surface area contributed by atoms with Crippen LogP contribution in [0.15, 0.2) is 41.5 Å². The van der Waals surface area contributed by atoms with Crippen molar-refractivity contribution in [2.45, 2.75) is 40.5 Å². The highest BCUT2D eigenvalue weighted by Gasteiger charge is 2.14. The fourth-order valence-corrected chi connectivity index (χ4v) is 2.75. The minimum Gasteiger partial charge on any atom is -0.506 e. The van der Waals surface area contributed by atoms with Gasteiger partial charge in [0.25, 0.3) is 5.91 Å². The van der Waals surface area contributed by atoms with E-state index in [1.54, 1.807) is 12.1 Å². The average Bonchev–Trinajstić information content (AvgIpc) is 2.52. The number of hydrazone groups is 1. The second-order valence-electron chi connectivity index (χ2n) is 7.00. The molecule has 0 saturated heterocycles. The highest BCUT2D eigenvalue weighted by atomic mass is 16.3. The summed E-state index contributed by atoms with van der Waals surface area (Å²) < 4.78 is 0. The van der Waals surface area contributed by atoms with E-state index >= 15 is 0 Å². The number of benzene rings is 2. The molecule has 0 bridgehead atoms. The lowest BCUT2D eigenvalue weighted by Crippen LogP contribution is -2.21. The van der Waals surface area contributed by atoms with Gasteiger partial charge < -0.3 is 5.11 Å². The Bertz CT molecular complexity index is 736. The van der Waals surface area contributed by atoms with Crippen molar-refractivity contribution >= 4 is 22.4 Å². The van der Waals surface area contributed by atoms with Gasteiger partial charge in [-0.2, -0.15) is 5.10 Å². The molecule has 2 aromatic rings. The fourth-order valence-electron chi connectivity index (χ4n) is 2.75. The van der Waals surface area contributed by atoms with E-state index in [9.17, 15) is 9.90 Å². The zero-order valence-electron chi connectivity index (χ0n) is 14.8. The van der Waals surface area contributed by atoms with Gasteiger partial charge in [0.15, 0.2) is 0 Å². The van der Waals surface area contributed by atoms with Crippen molar-refractivity contribution < 1.29 is 9.90 Å². The molecule has 0 spiro atoms. The number of nitrogens with zero attached hydrogens (tertiary/aromatic N) is 1. The molecule has 1 amide bonds. The van der Waals surface area contributed by atoms with Crippen molar-refractivity contribution in [3.63, 3.8) is 0 Å². The van der Waals surface area contributed by atoms with Crippen LogP contribution in [-0.2, 0) is 0 Å². The van der Waals surface area contributed by atoms with Crippen LogP contribution < -0.4 is 5.43 Å². The summed E-state index contributed by atoms with van der Waals surface area (Å²) in [5.74, 6) is 0.570. The summed E-state index contributed by atoms with van der Waals surface area (Å²) in [5.41, 5.74) is 3.83. The molecular weight excluding hydrogens is 300 g/mol. The summed E-state index contributed by atoms with van der Waals surface area (Å²) >= 11 is 0. The Labute approximate surface area is 143 Å². The minimum atomic E-state index is -0.386. The zero-order chi connectivity index (χ0) is 17.7. The fraction of sp³-hybridized carbons (Fsp3) is 0.400. The lowest BCUT2D eigenvalue weighted by Gasteiger charge is -2.12. The molecule has 0 fully saturated rings. The highest BCUT2D eigenvalue weighted by molar-refractivity contribution is 6.03. The first-order chi connectivity index (χ1) is 11.4. The number of phenols is 1. The van der Waals surface area contributed by atoms with Gasteiger partial charge in [-0.1, -0.05) is 58.0 Å². The van der Waals surface area contributed by atoms with E-state index in [2.05, 4.69) is 38.2 Å². The molecule has 24 heavy (non-hydrogen) atoms. The van der Waals surface area contributed by atoms with Crippen molar-refractivity contribution in [3.05, 3.63) is 42.0 Å². The number of aromatic hydroxyl groups is 1. The van der Waals surface area contributed by atoms with Crippen molar-refractivity contribution in [2.75, 3.05) is 0 Å². The third-order valence-electron chi connectivity index (χ3n) is 3.75. The molecule has 0 aromatic heterocycles. The molecule has 4 nitrogen and oxygen atoms in total. The van der Waals surface area contributed by atoms with Crippen LogP contribution in [0.5, 0.6) is 5.75 Å². The Balaban J connectivity index is 2.22. The molecule has 0 aliphatic heterocycles. The van der Waals surface area contributed by atoms with E-state index in [1.807, 2.05) is 24.3 Å². The molecule has 0 saturated carbocycles. The predicted octanol–water partition coefficient (Wildman–Crippen LogP) is 4.72. The Morgan fingerprint density at radius 3 is 2.29 bits per heavy atom. The number of carbonyl (C=O) groups excluding carboxylic acids is 1. The zero-order valence-corrected chi connectivity index (χ0v) is 14.8. The summed E-state index contributed by atoms with van der Waals surface area (Å²) in [6, 6.07) is 10.9. The summed E-state index contributed by atoms with van der Waals surface area (Å²) in [5, 5.41) is 16.2. The molecule has 0 heterocycles. The Morgan fingerprint density at radius 1 is 1.04 bits per heavy atom. The third kappa shape index (κ3) is 4.57. The maximum absolute atomic E-state index is 12.4. The standard InChI is InChI=1S/C20H26N2O2/c1-13(2)11-16(12-14(3)4)21-22-20(24)18-10-9-15-7-5-6-8-17(15)19(18)23/h5-10,13-14,23H,11-12H2,1-4H3,(H,22,24). The molecule has 0 aliphatic rings. The van der Waals surface area contributed by atoms with Gasteiger partial charge in [-0.3, -0.25) is 4.79 Å². The highest BCUT2D eigenvalue weighted by Crippen LogP contribution is 2.28. The van der Waals surface area contributed by atoms with Crippen molar-refractivity contribution in [1.29, 1.82) is 0 Å². The molecular formula is C20H26N2O2. The lowest BCUT2D eigenvalue weighted by molar-refractivity contribution is 0.0952. The smallest absolute Gasteiger partial charge is 0.275 e. The maximum atomic E-state index is 12.4. The van der Waals surface area contributed by atoms with Gasteiger partial charge in [-0.05, 0) is 36.1 Å². The number of hydrogen-bond acceptors (Lipinski definition) is 3. The van der Waals surface area contributed by atoms with Gasteiger partial charge in [0.2, 0.25) is 0 Å². The van der Waals surface area contributed by atoms with Gasteiger partial charge >= 0.3 is 0 Å². The first-order valence-corrected chi connectivity index (χ1v) is 8.45. The normalized spacial score (nSPS) is 11.1. The average molecular weight is 326 g/mol. The van der Waals surface area contributed by atoms with Crippen molar-refractivity contribution in [2.24, 2.45) is 16.9 Å². The Kier molecular flexibility index (Phi) is 5.96. The first kappa shape index (κ1) is 18.0. The third-order valence-corrected chi connectivity index (χ3v) is 3.75.